The number of ether oxygens (including phenoxy) is 1. The summed E-state index contributed by atoms with van der Waals surface area (Å²) < 4.78 is 5.50. The van der Waals surface area contributed by atoms with Crippen molar-refractivity contribution >= 4 is 28.2 Å². The first kappa shape index (κ1) is 21.9. The van der Waals surface area contributed by atoms with E-state index in [9.17, 15) is 9.59 Å². The molecule has 0 unspecified atom stereocenters. The van der Waals surface area contributed by atoms with E-state index < -0.39 is 5.91 Å². The molecular formula is C27H25NO3S. The van der Waals surface area contributed by atoms with Crippen LogP contribution in [0, 0.1) is 11.8 Å². The van der Waals surface area contributed by atoms with Gasteiger partial charge in [-0.2, -0.15) is 0 Å². The minimum absolute atomic E-state index is 0.236. The maximum Gasteiger partial charge on any atom is 0.341 e. The first-order valence-electron chi connectivity index (χ1n) is 10.8. The number of carbonyl (C=O) groups excluding carboxylic acids is 2. The molecule has 162 valence electrons. The lowest BCUT2D eigenvalue weighted by Crippen LogP contribution is -2.18. The Kier molecular flexibility index (Phi) is 6.72. The molecule has 0 saturated heterocycles. The van der Waals surface area contributed by atoms with Crippen molar-refractivity contribution in [2.45, 2.75) is 45.1 Å². The van der Waals surface area contributed by atoms with E-state index in [4.69, 9.17) is 4.74 Å². The van der Waals surface area contributed by atoms with Gasteiger partial charge in [-0.05, 0) is 62.3 Å². The van der Waals surface area contributed by atoms with E-state index in [0.29, 0.717) is 16.5 Å². The summed E-state index contributed by atoms with van der Waals surface area (Å²) in [6, 6.07) is 19.8. The second-order valence-electron chi connectivity index (χ2n) is 8.08. The van der Waals surface area contributed by atoms with Crippen molar-refractivity contribution in [3.8, 4) is 11.8 Å². The molecule has 4 rings (SSSR count). The summed E-state index contributed by atoms with van der Waals surface area (Å²) in [5.74, 6) is 5.06. The van der Waals surface area contributed by atoms with Gasteiger partial charge in [0, 0.05) is 16.4 Å². The molecule has 1 amide bonds. The number of hydrogen-bond donors (Lipinski definition) is 1. The second-order valence-corrected chi connectivity index (χ2v) is 9.19. The summed E-state index contributed by atoms with van der Waals surface area (Å²) >= 11 is 1.47. The average molecular weight is 444 g/mol. The summed E-state index contributed by atoms with van der Waals surface area (Å²) in [4.78, 5) is 26.6. The van der Waals surface area contributed by atoms with Gasteiger partial charge in [-0.15, -0.1) is 11.3 Å². The van der Waals surface area contributed by atoms with Gasteiger partial charge in [0.05, 0.1) is 11.7 Å². The number of anilines is 1. The zero-order valence-electron chi connectivity index (χ0n) is 18.2. The highest BCUT2D eigenvalue weighted by atomic mass is 32.1. The highest BCUT2D eigenvalue weighted by Gasteiger charge is 2.31. The molecular weight excluding hydrogens is 418 g/mol. The van der Waals surface area contributed by atoms with Crippen LogP contribution >= 0.6 is 11.3 Å². The largest absolute Gasteiger partial charge is 0.459 e. The molecule has 0 bridgehead atoms. The number of carbonyl (C=O) groups is 2. The first-order chi connectivity index (χ1) is 15.5. The van der Waals surface area contributed by atoms with E-state index in [2.05, 4.69) is 41.4 Å². The number of benzene rings is 2. The molecule has 1 heterocycles. The summed E-state index contributed by atoms with van der Waals surface area (Å²) in [6.45, 7) is 3.65. The fraction of sp³-hybridized carbons (Fsp3) is 0.259. The monoisotopic (exact) mass is 443 g/mol. The minimum atomic E-state index is -0.439. The van der Waals surface area contributed by atoms with Crippen molar-refractivity contribution in [2.24, 2.45) is 0 Å². The van der Waals surface area contributed by atoms with Gasteiger partial charge in [0.15, 0.2) is 0 Å². The zero-order valence-corrected chi connectivity index (χ0v) is 19.0. The van der Waals surface area contributed by atoms with Crippen LogP contribution in [-0.4, -0.2) is 18.0 Å². The third-order valence-corrected chi connectivity index (χ3v) is 6.57. The van der Waals surface area contributed by atoms with Crippen LogP contribution in [0.5, 0.6) is 0 Å². The highest BCUT2D eigenvalue weighted by molar-refractivity contribution is 7.17. The van der Waals surface area contributed by atoms with Crippen LogP contribution in [0.2, 0.25) is 0 Å². The minimum Gasteiger partial charge on any atom is -0.459 e. The average Bonchev–Trinajstić information content (AvgIpc) is 3.15. The van der Waals surface area contributed by atoms with Crippen LogP contribution in [0.25, 0.3) is 0 Å². The van der Waals surface area contributed by atoms with Gasteiger partial charge in [-0.1, -0.05) is 54.5 Å². The lowest BCUT2D eigenvalue weighted by atomic mass is 9.83. The molecule has 0 aliphatic heterocycles. The molecule has 0 fully saturated rings. The Hall–Kier alpha value is -3.36. The topological polar surface area (TPSA) is 55.4 Å². The van der Waals surface area contributed by atoms with Crippen LogP contribution in [0.1, 0.15) is 58.1 Å². The van der Waals surface area contributed by atoms with Crippen LogP contribution in [0.15, 0.2) is 60.7 Å². The molecule has 1 atom stereocenters. The van der Waals surface area contributed by atoms with Crippen LogP contribution in [0.4, 0.5) is 5.00 Å². The Morgan fingerprint density at radius 3 is 2.44 bits per heavy atom. The van der Waals surface area contributed by atoms with Crippen LogP contribution in [0.3, 0.4) is 0 Å². The lowest BCUT2D eigenvalue weighted by molar-refractivity contribution is -0.111. The molecule has 1 aliphatic carbocycles. The first-order valence-corrected chi connectivity index (χ1v) is 11.6. The normalized spacial score (nSPS) is 14.8. The fourth-order valence-corrected chi connectivity index (χ4v) is 5.27. The second kappa shape index (κ2) is 9.84. The van der Waals surface area contributed by atoms with Crippen molar-refractivity contribution in [1.29, 1.82) is 0 Å². The van der Waals surface area contributed by atoms with E-state index in [-0.39, 0.29) is 12.1 Å². The molecule has 1 aliphatic rings. The third kappa shape index (κ3) is 5.09. The Morgan fingerprint density at radius 2 is 1.75 bits per heavy atom. The molecule has 4 nitrogen and oxygen atoms in total. The van der Waals surface area contributed by atoms with Gasteiger partial charge in [-0.25, -0.2) is 4.79 Å². The van der Waals surface area contributed by atoms with Crippen molar-refractivity contribution < 1.29 is 14.3 Å². The molecule has 1 aromatic heterocycles. The Labute approximate surface area is 192 Å². The standard InChI is InChI=1S/C27H25NO3S/c1-18(2)31-27(30)25-22-15-14-21(20-11-7-4-8-12-20)17-23(22)32-26(25)28-24(29)16-13-19-9-5-3-6-10-19/h3-12,18,21H,14-15,17H2,1-2H3,(H,28,29)/t21-/m0/s1. The Morgan fingerprint density at radius 1 is 1.06 bits per heavy atom. The van der Waals surface area contributed by atoms with Crippen LogP contribution < -0.4 is 5.32 Å². The Bertz CT molecular complexity index is 1170. The quantitative estimate of drug-likeness (QED) is 0.423. The van der Waals surface area contributed by atoms with Gasteiger partial charge in [0.1, 0.15) is 5.00 Å². The predicted octanol–water partition coefficient (Wildman–Crippen LogP) is 5.58. The van der Waals surface area contributed by atoms with Gasteiger partial charge < -0.3 is 10.1 Å². The molecule has 1 N–H and O–H groups in total. The predicted molar refractivity (Wildman–Crippen MR) is 128 cm³/mol. The van der Waals surface area contributed by atoms with E-state index in [1.165, 1.54) is 16.9 Å². The smallest absolute Gasteiger partial charge is 0.341 e. The number of fused-ring (bicyclic) bond motifs is 1. The number of esters is 1. The molecule has 32 heavy (non-hydrogen) atoms. The Balaban J connectivity index is 1.61. The fourth-order valence-electron chi connectivity index (χ4n) is 3.96. The van der Waals surface area contributed by atoms with Crippen molar-refractivity contribution in [3.05, 3.63) is 87.8 Å². The number of hydrogen-bond acceptors (Lipinski definition) is 4. The van der Waals surface area contributed by atoms with Gasteiger partial charge in [0.25, 0.3) is 0 Å². The van der Waals surface area contributed by atoms with Gasteiger partial charge in [0.2, 0.25) is 0 Å². The van der Waals surface area contributed by atoms with Gasteiger partial charge in [-0.3, -0.25) is 4.79 Å². The SMILES string of the molecule is CC(C)OC(=O)c1c(NC(=O)C#Cc2ccccc2)sc2c1CC[C@H](c1ccccc1)C2. The maximum atomic E-state index is 12.9. The highest BCUT2D eigenvalue weighted by Crippen LogP contribution is 2.42. The van der Waals surface area contributed by atoms with Gasteiger partial charge >= 0.3 is 11.9 Å². The molecule has 0 radical (unpaired) electrons. The van der Waals surface area contributed by atoms with Crippen molar-refractivity contribution in [2.75, 3.05) is 5.32 Å². The molecule has 0 spiro atoms. The summed E-state index contributed by atoms with van der Waals surface area (Å²) in [7, 11) is 0. The number of nitrogens with one attached hydrogen (secondary N) is 1. The zero-order chi connectivity index (χ0) is 22.5. The van der Waals surface area contributed by atoms with Crippen molar-refractivity contribution in [3.63, 3.8) is 0 Å². The van der Waals surface area contributed by atoms with E-state index in [1.807, 2.05) is 50.2 Å². The third-order valence-electron chi connectivity index (χ3n) is 5.40. The number of rotatable bonds is 4. The van der Waals surface area contributed by atoms with Crippen LogP contribution in [-0.2, 0) is 22.4 Å². The molecule has 2 aromatic carbocycles. The maximum absolute atomic E-state index is 12.9. The lowest BCUT2D eigenvalue weighted by Gasteiger charge is -2.23. The number of thiophene rings is 1. The van der Waals surface area contributed by atoms with E-state index >= 15 is 0 Å². The molecule has 0 saturated carbocycles. The van der Waals surface area contributed by atoms with E-state index in [0.717, 1.165) is 35.3 Å². The molecule has 5 heteroatoms. The van der Waals surface area contributed by atoms with E-state index in [1.54, 1.807) is 0 Å². The number of amides is 1. The molecule has 3 aromatic rings. The van der Waals surface area contributed by atoms with Crippen molar-refractivity contribution in [1.82, 2.24) is 0 Å². The summed E-state index contributed by atoms with van der Waals surface area (Å²) in [6.07, 6.45) is 2.34. The summed E-state index contributed by atoms with van der Waals surface area (Å²) in [5, 5.41) is 3.38. The summed E-state index contributed by atoms with van der Waals surface area (Å²) in [5.41, 5.74) is 3.55.